The zero-order chi connectivity index (χ0) is 13.1. The smallest absolute Gasteiger partial charge is 0.130 e. The van der Waals surface area contributed by atoms with Crippen LogP contribution in [0.25, 0.3) is 0 Å². The van der Waals surface area contributed by atoms with Crippen LogP contribution in [0.3, 0.4) is 0 Å². The quantitative estimate of drug-likeness (QED) is 0.887. The van der Waals surface area contributed by atoms with Gasteiger partial charge in [0.1, 0.15) is 11.6 Å². The monoisotopic (exact) mass is 251 g/mol. The van der Waals surface area contributed by atoms with Crippen LogP contribution in [0.2, 0.25) is 0 Å². The van der Waals surface area contributed by atoms with E-state index >= 15 is 0 Å². The third-order valence-corrected chi connectivity index (χ3v) is 3.65. The van der Waals surface area contributed by atoms with Gasteiger partial charge in [-0.05, 0) is 48.9 Å². The fourth-order valence-corrected chi connectivity index (χ4v) is 2.61. The Morgan fingerprint density at radius 2 is 2.22 bits per heavy atom. The van der Waals surface area contributed by atoms with Crippen molar-refractivity contribution in [2.24, 2.45) is 0 Å². The molecule has 100 valence electrons. The summed E-state index contributed by atoms with van der Waals surface area (Å²) in [6, 6.07) is 4.00. The molecule has 1 saturated heterocycles. The molecular weight excluding hydrogens is 229 g/mol. The van der Waals surface area contributed by atoms with Crippen LogP contribution >= 0.6 is 0 Å². The minimum absolute atomic E-state index is 0.162. The Bertz CT molecular complexity index is 411. The molecule has 3 heteroatoms. The summed E-state index contributed by atoms with van der Waals surface area (Å²) in [4.78, 5) is 0. The maximum atomic E-state index is 13.9. The van der Waals surface area contributed by atoms with E-state index in [1.165, 1.54) is 18.9 Å². The molecule has 2 nitrogen and oxygen atoms in total. The van der Waals surface area contributed by atoms with E-state index in [-0.39, 0.29) is 11.7 Å². The van der Waals surface area contributed by atoms with E-state index in [1.54, 1.807) is 7.11 Å². The van der Waals surface area contributed by atoms with E-state index in [2.05, 4.69) is 5.32 Å². The van der Waals surface area contributed by atoms with E-state index in [0.717, 1.165) is 24.1 Å². The van der Waals surface area contributed by atoms with Gasteiger partial charge in [0.25, 0.3) is 0 Å². The van der Waals surface area contributed by atoms with Crippen molar-refractivity contribution in [3.05, 3.63) is 29.1 Å². The third-order valence-electron chi connectivity index (χ3n) is 3.65. The Balaban J connectivity index is 2.27. The van der Waals surface area contributed by atoms with E-state index in [1.807, 2.05) is 19.9 Å². The van der Waals surface area contributed by atoms with Crippen molar-refractivity contribution < 1.29 is 9.13 Å². The van der Waals surface area contributed by atoms with Gasteiger partial charge in [0.05, 0.1) is 7.11 Å². The highest BCUT2D eigenvalue weighted by molar-refractivity contribution is 5.40. The molecule has 0 bridgehead atoms. The van der Waals surface area contributed by atoms with Gasteiger partial charge < -0.3 is 10.1 Å². The molecule has 1 heterocycles. The number of hydrogen-bond acceptors (Lipinski definition) is 2. The van der Waals surface area contributed by atoms with Crippen LogP contribution in [0.15, 0.2) is 12.1 Å². The summed E-state index contributed by atoms with van der Waals surface area (Å²) in [6.07, 6.45) is 3.34. The molecule has 1 aliphatic rings. The Hall–Kier alpha value is -1.09. The van der Waals surface area contributed by atoms with Gasteiger partial charge in [0.2, 0.25) is 0 Å². The normalized spacial score (nSPS) is 19.5. The molecule has 0 amide bonds. The molecule has 18 heavy (non-hydrogen) atoms. The average Bonchev–Trinajstić information content (AvgIpc) is 2.83. The lowest BCUT2D eigenvalue weighted by molar-refractivity contribution is 0.402. The second-order valence-electron chi connectivity index (χ2n) is 5.34. The Kier molecular flexibility index (Phi) is 4.23. The van der Waals surface area contributed by atoms with Crippen LogP contribution in [0.5, 0.6) is 5.75 Å². The second-order valence-corrected chi connectivity index (χ2v) is 5.34. The predicted octanol–water partition coefficient (Wildman–Crippen LogP) is 3.25. The second kappa shape index (κ2) is 5.70. The number of ether oxygens (including phenoxy) is 1. The van der Waals surface area contributed by atoms with Gasteiger partial charge in [-0.2, -0.15) is 0 Å². The fourth-order valence-electron chi connectivity index (χ4n) is 2.61. The highest BCUT2D eigenvalue weighted by atomic mass is 19.1. The van der Waals surface area contributed by atoms with Crippen LogP contribution in [0.1, 0.15) is 43.7 Å². The minimum Gasteiger partial charge on any atom is -0.496 e. The Morgan fingerprint density at radius 1 is 1.44 bits per heavy atom. The highest BCUT2D eigenvalue weighted by Gasteiger charge is 2.19. The Morgan fingerprint density at radius 3 is 2.78 bits per heavy atom. The van der Waals surface area contributed by atoms with Crippen molar-refractivity contribution in [1.29, 1.82) is 0 Å². The highest BCUT2D eigenvalue weighted by Crippen LogP contribution is 2.29. The molecule has 1 fully saturated rings. The van der Waals surface area contributed by atoms with Crippen molar-refractivity contribution >= 4 is 0 Å². The van der Waals surface area contributed by atoms with E-state index in [0.29, 0.717) is 11.8 Å². The van der Waals surface area contributed by atoms with E-state index in [4.69, 9.17) is 4.74 Å². The van der Waals surface area contributed by atoms with Crippen LogP contribution in [0.4, 0.5) is 4.39 Å². The maximum absolute atomic E-state index is 13.9. The summed E-state index contributed by atoms with van der Waals surface area (Å²) in [7, 11) is 1.61. The molecule has 0 aromatic heterocycles. The van der Waals surface area contributed by atoms with Gasteiger partial charge in [-0.25, -0.2) is 4.39 Å². The molecule has 0 radical (unpaired) electrons. The van der Waals surface area contributed by atoms with Crippen LogP contribution in [0, 0.1) is 5.82 Å². The zero-order valence-electron chi connectivity index (χ0n) is 11.4. The molecule has 2 rings (SSSR count). The summed E-state index contributed by atoms with van der Waals surface area (Å²) >= 11 is 0. The van der Waals surface area contributed by atoms with Crippen LogP contribution in [-0.4, -0.2) is 19.7 Å². The van der Waals surface area contributed by atoms with Crippen LogP contribution < -0.4 is 10.1 Å². The van der Waals surface area contributed by atoms with Crippen LogP contribution in [-0.2, 0) is 6.42 Å². The minimum atomic E-state index is -0.162. The molecule has 1 aromatic carbocycles. The molecule has 0 saturated carbocycles. The summed E-state index contributed by atoms with van der Waals surface area (Å²) < 4.78 is 19.2. The first-order valence-corrected chi connectivity index (χ1v) is 6.71. The van der Waals surface area contributed by atoms with Gasteiger partial charge >= 0.3 is 0 Å². The van der Waals surface area contributed by atoms with Gasteiger partial charge in [-0.15, -0.1) is 0 Å². The number of benzene rings is 1. The lowest BCUT2D eigenvalue weighted by atomic mass is 9.96. The fraction of sp³-hybridized carbons (Fsp3) is 0.600. The summed E-state index contributed by atoms with van der Waals surface area (Å²) in [6.45, 7) is 5.12. The molecule has 0 aliphatic carbocycles. The zero-order valence-corrected chi connectivity index (χ0v) is 11.4. The first-order chi connectivity index (χ1) is 8.61. The first-order valence-electron chi connectivity index (χ1n) is 6.71. The Labute approximate surface area is 109 Å². The maximum Gasteiger partial charge on any atom is 0.130 e. The topological polar surface area (TPSA) is 21.3 Å². The van der Waals surface area contributed by atoms with Gasteiger partial charge in [-0.1, -0.05) is 13.8 Å². The van der Waals surface area contributed by atoms with Gasteiger partial charge in [-0.3, -0.25) is 0 Å². The molecule has 1 atom stereocenters. The number of nitrogens with one attached hydrogen (secondary N) is 1. The summed E-state index contributed by atoms with van der Waals surface area (Å²) in [5, 5.41) is 3.47. The number of halogens is 1. The molecular formula is C15H22FNO. The molecule has 1 aliphatic heterocycles. The van der Waals surface area contributed by atoms with Crippen molar-refractivity contribution in [3.63, 3.8) is 0 Å². The third kappa shape index (κ3) is 2.83. The lowest BCUT2D eigenvalue weighted by Gasteiger charge is -2.17. The van der Waals surface area contributed by atoms with Gasteiger partial charge in [0.15, 0.2) is 0 Å². The van der Waals surface area contributed by atoms with Crippen molar-refractivity contribution in [1.82, 2.24) is 5.32 Å². The summed E-state index contributed by atoms with van der Waals surface area (Å²) in [5.74, 6) is 0.710. The summed E-state index contributed by atoms with van der Waals surface area (Å²) in [5.41, 5.74) is 1.89. The van der Waals surface area contributed by atoms with Crippen molar-refractivity contribution in [3.8, 4) is 5.75 Å². The van der Waals surface area contributed by atoms with Crippen molar-refractivity contribution in [2.75, 3.05) is 13.7 Å². The SMILES string of the molecule is COc1cc(F)c(C(C)C)cc1CC1CCCN1. The standard InChI is InChI=1S/C15H22FNO/c1-10(2)13-8-11(7-12-5-4-6-17-12)15(18-3)9-14(13)16/h8-10,12,17H,4-7H2,1-3H3. The number of rotatable bonds is 4. The van der Waals surface area contributed by atoms with E-state index in [9.17, 15) is 4.39 Å². The molecule has 1 unspecified atom stereocenters. The molecule has 0 spiro atoms. The van der Waals surface area contributed by atoms with Crippen molar-refractivity contribution in [2.45, 2.75) is 45.1 Å². The number of hydrogen-bond donors (Lipinski definition) is 1. The molecule has 1 N–H and O–H groups in total. The molecule has 1 aromatic rings. The largest absolute Gasteiger partial charge is 0.496 e. The average molecular weight is 251 g/mol. The predicted molar refractivity (Wildman–Crippen MR) is 71.8 cm³/mol. The lowest BCUT2D eigenvalue weighted by Crippen LogP contribution is -2.24. The first kappa shape index (κ1) is 13.3. The van der Waals surface area contributed by atoms with Gasteiger partial charge in [0, 0.05) is 12.1 Å². The van der Waals surface area contributed by atoms with E-state index < -0.39 is 0 Å². The number of methoxy groups -OCH3 is 1.